The zero-order valence-corrected chi connectivity index (χ0v) is 25.2. The lowest BCUT2D eigenvalue weighted by molar-refractivity contribution is 0.288. The van der Waals surface area contributed by atoms with Gasteiger partial charge in [0.25, 0.3) is 0 Å². The summed E-state index contributed by atoms with van der Waals surface area (Å²) in [6, 6.07) is 9.23. The minimum Gasteiger partial charge on any atom is -0.507 e. The molecule has 0 saturated carbocycles. The molecule has 2 aromatic rings. The Morgan fingerprint density at radius 2 is 1.19 bits per heavy atom. The number of aliphatic hydroxyl groups excluding tert-OH is 1. The maximum Gasteiger partial charge on any atom is 0.123 e. The number of phenols is 1. The summed E-state index contributed by atoms with van der Waals surface area (Å²) < 4.78 is 0. The van der Waals surface area contributed by atoms with Gasteiger partial charge in [-0.15, -0.1) is 0 Å². The first-order valence-electron chi connectivity index (χ1n) is 14.3. The first kappa shape index (κ1) is 30.4. The molecule has 1 atom stereocenters. The van der Waals surface area contributed by atoms with Crippen LogP contribution >= 0.6 is 0 Å². The van der Waals surface area contributed by atoms with E-state index in [2.05, 4.69) is 100 Å². The molecule has 202 valence electrons. The standard InChI is InChI=1S/C34H54O2/c1-12-13-15-26-18-28(25(7)30(20-26)33(8,9)22(2)3)24(6)29-19-27(16-14-17-35)21-31(32(29)36)34(10,11)23(4)5/h18-24,35-36H,12-17H2,1-11H3. The van der Waals surface area contributed by atoms with E-state index >= 15 is 0 Å². The third-order valence-electron chi connectivity index (χ3n) is 9.36. The van der Waals surface area contributed by atoms with Gasteiger partial charge in [-0.2, -0.15) is 0 Å². The zero-order valence-electron chi connectivity index (χ0n) is 25.2. The molecule has 2 heteroatoms. The average molecular weight is 495 g/mol. The molecular weight excluding hydrogens is 440 g/mol. The zero-order chi connectivity index (χ0) is 27.4. The van der Waals surface area contributed by atoms with Gasteiger partial charge < -0.3 is 10.2 Å². The van der Waals surface area contributed by atoms with Crippen LogP contribution in [0.25, 0.3) is 0 Å². The van der Waals surface area contributed by atoms with Crippen molar-refractivity contribution in [3.63, 3.8) is 0 Å². The van der Waals surface area contributed by atoms with Gasteiger partial charge in [0.05, 0.1) is 0 Å². The summed E-state index contributed by atoms with van der Waals surface area (Å²) in [4.78, 5) is 0. The molecule has 1 unspecified atom stereocenters. The summed E-state index contributed by atoms with van der Waals surface area (Å²) in [5, 5.41) is 21.2. The van der Waals surface area contributed by atoms with Crippen LogP contribution in [0.5, 0.6) is 5.75 Å². The molecule has 2 nitrogen and oxygen atoms in total. The molecule has 0 aliphatic rings. The summed E-state index contributed by atoms with van der Waals surface area (Å²) in [6.45, 7) is 25.3. The van der Waals surface area contributed by atoms with Gasteiger partial charge in [-0.25, -0.2) is 0 Å². The molecule has 2 aromatic carbocycles. The summed E-state index contributed by atoms with van der Waals surface area (Å²) >= 11 is 0. The highest BCUT2D eigenvalue weighted by molar-refractivity contribution is 5.54. The fraction of sp³-hybridized carbons (Fsp3) is 0.647. The molecule has 0 amide bonds. The van der Waals surface area contributed by atoms with E-state index in [0.29, 0.717) is 17.6 Å². The average Bonchev–Trinajstić information content (AvgIpc) is 2.81. The number of benzene rings is 2. The number of rotatable bonds is 12. The SMILES string of the molecule is CCCCc1cc(C(C)c2cc(CCCO)cc(C(C)(C)C(C)C)c2O)c(C)c(C(C)(C)C(C)C)c1. The van der Waals surface area contributed by atoms with Gasteiger partial charge in [-0.1, -0.05) is 99.9 Å². The van der Waals surface area contributed by atoms with Crippen molar-refractivity contribution in [2.75, 3.05) is 6.61 Å². The predicted octanol–water partition coefficient (Wildman–Crippen LogP) is 8.99. The second-order valence-electron chi connectivity index (χ2n) is 12.8. The fourth-order valence-corrected chi connectivity index (χ4v) is 5.20. The van der Waals surface area contributed by atoms with E-state index in [4.69, 9.17) is 0 Å². The van der Waals surface area contributed by atoms with E-state index in [1.54, 1.807) is 0 Å². The largest absolute Gasteiger partial charge is 0.507 e. The minimum absolute atomic E-state index is 0.0661. The third-order valence-corrected chi connectivity index (χ3v) is 9.36. The van der Waals surface area contributed by atoms with Crippen molar-refractivity contribution in [3.8, 4) is 5.75 Å². The van der Waals surface area contributed by atoms with Gasteiger partial charge in [0.2, 0.25) is 0 Å². The van der Waals surface area contributed by atoms with Crippen LogP contribution in [0, 0.1) is 18.8 Å². The monoisotopic (exact) mass is 494 g/mol. The number of hydrogen-bond donors (Lipinski definition) is 2. The highest BCUT2D eigenvalue weighted by atomic mass is 16.3. The van der Waals surface area contributed by atoms with Crippen molar-refractivity contribution in [3.05, 3.63) is 63.2 Å². The maximum atomic E-state index is 11.7. The van der Waals surface area contributed by atoms with Crippen LogP contribution in [0.15, 0.2) is 24.3 Å². The van der Waals surface area contributed by atoms with Crippen molar-refractivity contribution in [1.82, 2.24) is 0 Å². The molecular formula is C34H54O2. The summed E-state index contributed by atoms with van der Waals surface area (Å²) in [5.74, 6) is 1.42. The van der Waals surface area contributed by atoms with Crippen LogP contribution in [0.2, 0.25) is 0 Å². The lowest BCUT2D eigenvalue weighted by Crippen LogP contribution is -2.27. The van der Waals surface area contributed by atoms with Gasteiger partial charge in [-0.05, 0) is 83.1 Å². The second-order valence-corrected chi connectivity index (χ2v) is 12.8. The normalized spacial score (nSPS) is 13.6. The topological polar surface area (TPSA) is 40.5 Å². The number of aliphatic hydroxyl groups is 1. The molecule has 2 rings (SSSR count). The molecule has 0 spiro atoms. The van der Waals surface area contributed by atoms with Crippen LogP contribution in [0.1, 0.15) is 133 Å². The molecule has 0 aliphatic carbocycles. The lowest BCUT2D eigenvalue weighted by atomic mass is 9.70. The Hall–Kier alpha value is -1.80. The first-order valence-corrected chi connectivity index (χ1v) is 14.3. The van der Waals surface area contributed by atoms with Gasteiger partial charge in [0.1, 0.15) is 5.75 Å². The predicted molar refractivity (Wildman–Crippen MR) is 157 cm³/mol. The highest BCUT2D eigenvalue weighted by Gasteiger charge is 2.32. The molecule has 0 bridgehead atoms. The van der Waals surface area contributed by atoms with Crippen molar-refractivity contribution in [2.45, 2.75) is 125 Å². The Bertz CT molecular complexity index is 929. The van der Waals surface area contributed by atoms with Crippen molar-refractivity contribution in [1.29, 1.82) is 0 Å². The summed E-state index contributed by atoms with van der Waals surface area (Å²) in [6.07, 6.45) is 5.01. The first-order chi connectivity index (χ1) is 16.7. The number of unbranched alkanes of at least 4 members (excludes halogenated alkanes) is 1. The number of aromatic hydroxyl groups is 1. The molecule has 0 aromatic heterocycles. The fourth-order valence-electron chi connectivity index (χ4n) is 5.20. The van der Waals surface area contributed by atoms with Gasteiger partial charge in [0, 0.05) is 23.7 Å². The molecule has 2 N–H and O–H groups in total. The van der Waals surface area contributed by atoms with Crippen molar-refractivity contribution < 1.29 is 10.2 Å². The van der Waals surface area contributed by atoms with E-state index in [9.17, 15) is 10.2 Å². The van der Waals surface area contributed by atoms with E-state index in [1.807, 2.05) is 0 Å². The van der Waals surface area contributed by atoms with Crippen molar-refractivity contribution in [2.24, 2.45) is 11.8 Å². The summed E-state index contributed by atoms with van der Waals surface area (Å²) in [7, 11) is 0. The Labute approximate surface area is 222 Å². The van der Waals surface area contributed by atoms with E-state index in [1.165, 1.54) is 40.7 Å². The lowest BCUT2D eigenvalue weighted by Gasteiger charge is -2.35. The Kier molecular flexibility index (Phi) is 10.3. The van der Waals surface area contributed by atoms with E-state index in [0.717, 1.165) is 30.4 Å². The molecule has 0 fully saturated rings. The Balaban J connectivity index is 2.80. The second kappa shape index (κ2) is 12.2. The van der Waals surface area contributed by atoms with Gasteiger partial charge in [-0.3, -0.25) is 0 Å². The number of aryl methyl sites for hydroxylation is 2. The van der Waals surface area contributed by atoms with E-state index in [-0.39, 0.29) is 23.4 Å². The smallest absolute Gasteiger partial charge is 0.123 e. The molecule has 0 saturated heterocycles. The third kappa shape index (κ3) is 6.36. The van der Waals surface area contributed by atoms with Crippen molar-refractivity contribution >= 4 is 0 Å². The van der Waals surface area contributed by atoms with Crippen LogP contribution < -0.4 is 0 Å². The van der Waals surface area contributed by atoms with E-state index < -0.39 is 0 Å². The maximum absolute atomic E-state index is 11.7. The van der Waals surface area contributed by atoms with Crippen LogP contribution in [-0.4, -0.2) is 16.8 Å². The van der Waals surface area contributed by atoms with Crippen LogP contribution in [-0.2, 0) is 23.7 Å². The van der Waals surface area contributed by atoms with Gasteiger partial charge in [0.15, 0.2) is 0 Å². The Morgan fingerprint density at radius 1 is 0.722 bits per heavy atom. The van der Waals surface area contributed by atoms with Crippen LogP contribution in [0.3, 0.4) is 0 Å². The quantitative estimate of drug-likeness (QED) is 0.309. The van der Waals surface area contributed by atoms with Gasteiger partial charge >= 0.3 is 0 Å². The summed E-state index contributed by atoms with van der Waals surface area (Å²) in [5.41, 5.74) is 8.68. The molecule has 0 heterocycles. The highest BCUT2D eigenvalue weighted by Crippen LogP contribution is 2.45. The number of phenolic OH excluding ortho intramolecular Hbond substituents is 1. The molecule has 0 radical (unpaired) electrons. The molecule has 0 aliphatic heterocycles. The molecule has 36 heavy (non-hydrogen) atoms. The minimum atomic E-state index is -0.156. The Morgan fingerprint density at radius 3 is 1.69 bits per heavy atom. The van der Waals surface area contributed by atoms with Crippen LogP contribution in [0.4, 0.5) is 0 Å². The number of hydrogen-bond acceptors (Lipinski definition) is 2.